The second-order valence-electron chi connectivity index (χ2n) is 9.64. The highest BCUT2D eigenvalue weighted by atomic mass is 32.2. The number of hydrogen-bond donors (Lipinski definition) is 1. The van der Waals surface area contributed by atoms with Crippen LogP contribution in [0.3, 0.4) is 0 Å². The summed E-state index contributed by atoms with van der Waals surface area (Å²) in [7, 11) is -2.68. The Balaban J connectivity index is 1.62. The van der Waals surface area contributed by atoms with E-state index in [0.717, 1.165) is 43.5 Å². The molecule has 0 aromatic heterocycles. The van der Waals surface area contributed by atoms with Gasteiger partial charge in [0.1, 0.15) is 17.6 Å². The first-order valence-corrected chi connectivity index (χ1v) is 13.7. The van der Waals surface area contributed by atoms with Crippen molar-refractivity contribution >= 4 is 15.7 Å². The molecule has 1 atom stereocenters. The van der Waals surface area contributed by atoms with Crippen molar-refractivity contribution < 1.29 is 44.2 Å². The van der Waals surface area contributed by atoms with E-state index in [2.05, 4.69) is 4.72 Å². The summed E-state index contributed by atoms with van der Waals surface area (Å²) < 4.78 is 121. The van der Waals surface area contributed by atoms with Crippen molar-refractivity contribution in [2.24, 2.45) is 0 Å². The van der Waals surface area contributed by atoms with Crippen LogP contribution in [0.2, 0.25) is 0 Å². The van der Waals surface area contributed by atoms with Gasteiger partial charge >= 0.3 is 12.4 Å². The van der Waals surface area contributed by atoms with E-state index in [1.807, 2.05) is 4.90 Å². The van der Waals surface area contributed by atoms with E-state index in [1.165, 1.54) is 0 Å². The number of hydrogen-bond acceptors (Lipinski definition) is 5. The highest BCUT2D eigenvalue weighted by Gasteiger charge is 2.37. The predicted octanol–water partition coefficient (Wildman–Crippen LogP) is 6.32. The van der Waals surface area contributed by atoms with Crippen LogP contribution < -0.4 is 14.2 Å². The number of nitrogens with zero attached hydrogens (tertiary/aromatic N) is 1. The van der Waals surface area contributed by atoms with Gasteiger partial charge in [-0.3, -0.25) is 4.72 Å². The number of nitrogens with one attached hydrogen (secondary N) is 1. The van der Waals surface area contributed by atoms with Crippen molar-refractivity contribution in [2.75, 3.05) is 24.9 Å². The van der Waals surface area contributed by atoms with Gasteiger partial charge < -0.3 is 14.4 Å². The lowest BCUT2D eigenvalue weighted by molar-refractivity contribution is -0.140. The summed E-state index contributed by atoms with van der Waals surface area (Å²) in [5.74, 6) is -1.14. The number of rotatable bonds is 7. The lowest BCUT2D eigenvalue weighted by Crippen LogP contribution is -2.23. The van der Waals surface area contributed by atoms with Crippen LogP contribution in [-0.2, 0) is 22.4 Å². The number of halogens is 6. The summed E-state index contributed by atoms with van der Waals surface area (Å²) in [5, 5.41) is 0. The quantitative estimate of drug-likeness (QED) is 0.398. The van der Waals surface area contributed by atoms with E-state index >= 15 is 0 Å². The molecule has 0 bridgehead atoms. The van der Waals surface area contributed by atoms with Gasteiger partial charge in [0, 0.05) is 25.2 Å². The highest BCUT2D eigenvalue weighted by molar-refractivity contribution is 7.92. The van der Waals surface area contributed by atoms with Gasteiger partial charge in [-0.2, -0.15) is 26.3 Å². The molecule has 1 aliphatic carbocycles. The number of likely N-dealkylation sites (tertiary alicyclic amines) is 1. The van der Waals surface area contributed by atoms with Crippen molar-refractivity contribution in [1.29, 1.82) is 0 Å². The van der Waals surface area contributed by atoms with Crippen molar-refractivity contribution in [2.45, 2.75) is 68.0 Å². The van der Waals surface area contributed by atoms with Crippen molar-refractivity contribution in [3.8, 4) is 11.5 Å². The monoisotopic (exact) mass is 566 g/mol. The maximum absolute atomic E-state index is 13.6. The zero-order valence-electron chi connectivity index (χ0n) is 20.5. The molecule has 4 rings (SSSR count). The van der Waals surface area contributed by atoms with Gasteiger partial charge in [0.05, 0.1) is 27.8 Å². The molecule has 0 amide bonds. The van der Waals surface area contributed by atoms with Gasteiger partial charge in [0.15, 0.2) is 0 Å². The standard InChI is InChI=1S/C25H28F6N2O4S/c1-33-12-11-18(15-33)37-22-13-16(7-9-20(22)24(26,27)28)32-38(34,35)19-8-10-21(25(29,30)31)23(14-19)36-17-5-3-2-4-6-17/h7-10,13-14,17-18,32H,2-6,11-12,15H2,1H3/t18-/m1/s1. The van der Waals surface area contributed by atoms with E-state index in [1.54, 1.807) is 7.05 Å². The minimum Gasteiger partial charge on any atom is -0.490 e. The Bertz CT molecular complexity index is 1240. The zero-order valence-corrected chi connectivity index (χ0v) is 21.3. The molecule has 0 radical (unpaired) electrons. The van der Waals surface area contributed by atoms with E-state index in [9.17, 15) is 34.8 Å². The van der Waals surface area contributed by atoms with Crippen molar-refractivity contribution in [3.05, 3.63) is 47.5 Å². The second-order valence-corrected chi connectivity index (χ2v) is 11.3. The van der Waals surface area contributed by atoms with Gasteiger partial charge in [-0.05, 0) is 63.4 Å². The van der Waals surface area contributed by atoms with Crippen LogP contribution in [0.1, 0.15) is 49.7 Å². The molecular formula is C25H28F6N2O4S. The molecule has 1 saturated heterocycles. The van der Waals surface area contributed by atoms with Crippen LogP contribution >= 0.6 is 0 Å². The smallest absolute Gasteiger partial charge is 0.419 e. The number of sulfonamides is 1. The molecule has 6 nitrogen and oxygen atoms in total. The molecule has 2 aliphatic rings. The molecule has 1 aliphatic heterocycles. The Kier molecular flexibility index (Phi) is 8.08. The Morgan fingerprint density at radius 2 is 1.39 bits per heavy atom. The maximum Gasteiger partial charge on any atom is 0.419 e. The van der Waals surface area contributed by atoms with Gasteiger partial charge in [0.2, 0.25) is 0 Å². The molecule has 1 N–H and O–H groups in total. The van der Waals surface area contributed by atoms with Gasteiger partial charge in [-0.1, -0.05) is 6.42 Å². The average molecular weight is 567 g/mol. The lowest BCUT2D eigenvalue weighted by atomic mass is 9.97. The van der Waals surface area contributed by atoms with E-state index in [4.69, 9.17) is 9.47 Å². The maximum atomic E-state index is 13.6. The van der Waals surface area contributed by atoms with E-state index in [-0.39, 0.29) is 5.69 Å². The molecule has 210 valence electrons. The molecule has 38 heavy (non-hydrogen) atoms. The topological polar surface area (TPSA) is 67.9 Å². The Morgan fingerprint density at radius 1 is 0.816 bits per heavy atom. The molecule has 2 fully saturated rings. The summed E-state index contributed by atoms with van der Waals surface area (Å²) >= 11 is 0. The molecule has 0 spiro atoms. The molecule has 2 aromatic carbocycles. The van der Waals surface area contributed by atoms with Crippen LogP contribution in [0.5, 0.6) is 11.5 Å². The minimum absolute atomic E-state index is 0.228. The largest absolute Gasteiger partial charge is 0.490 e. The normalized spacial score (nSPS) is 19.9. The van der Waals surface area contributed by atoms with Crippen LogP contribution in [-0.4, -0.2) is 45.7 Å². The van der Waals surface area contributed by atoms with Crippen LogP contribution in [0, 0.1) is 0 Å². The third-order valence-electron chi connectivity index (χ3n) is 6.60. The third-order valence-corrected chi connectivity index (χ3v) is 7.97. The fourth-order valence-corrected chi connectivity index (χ4v) is 5.73. The summed E-state index contributed by atoms with van der Waals surface area (Å²) in [6, 6.07) is 4.78. The fraction of sp³-hybridized carbons (Fsp3) is 0.520. The Hall–Kier alpha value is -2.67. The summed E-state index contributed by atoms with van der Waals surface area (Å²) in [6.07, 6.45) is -6.36. The molecule has 1 heterocycles. The van der Waals surface area contributed by atoms with Gasteiger partial charge in [-0.15, -0.1) is 0 Å². The van der Waals surface area contributed by atoms with Crippen LogP contribution in [0.4, 0.5) is 32.0 Å². The zero-order chi connectivity index (χ0) is 27.7. The Labute approximate surface area is 217 Å². The summed E-state index contributed by atoms with van der Waals surface area (Å²) in [4.78, 5) is 1.37. The van der Waals surface area contributed by atoms with Gasteiger partial charge in [-0.25, -0.2) is 8.42 Å². The van der Waals surface area contributed by atoms with Crippen LogP contribution in [0.25, 0.3) is 0 Å². The number of likely N-dealkylation sites (N-methyl/N-ethyl adjacent to an activating group) is 1. The molecule has 0 unspecified atom stereocenters. The fourth-order valence-electron chi connectivity index (χ4n) is 4.67. The highest BCUT2D eigenvalue weighted by Crippen LogP contribution is 2.41. The second kappa shape index (κ2) is 10.8. The summed E-state index contributed by atoms with van der Waals surface area (Å²) in [5.41, 5.74) is -2.39. The summed E-state index contributed by atoms with van der Waals surface area (Å²) in [6.45, 7) is 1.04. The first-order valence-electron chi connectivity index (χ1n) is 12.2. The van der Waals surface area contributed by atoms with Crippen molar-refractivity contribution in [1.82, 2.24) is 4.90 Å². The average Bonchev–Trinajstić information content (AvgIpc) is 3.22. The SMILES string of the molecule is CN1CC[C@@H](Oc2cc(NS(=O)(=O)c3ccc(C(F)(F)F)c(OC4CCCCC4)c3)ccc2C(F)(F)F)C1. The molecular weight excluding hydrogens is 538 g/mol. The Morgan fingerprint density at radius 3 is 1.97 bits per heavy atom. The number of anilines is 1. The number of ether oxygens (including phenoxy) is 2. The van der Waals surface area contributed by atoms with Gasteiger partial charge in [0.25, 0.3) is 10.0 Å². The van der Waals surface area contributed by atoms with E-state index < -0.39 is 62.1 Å². The first kappa shape index (κ1) is 28.3. The molecule has 2 aromatic rings. The van der Waals surface area contributed by atoms with Crippen LogP contribution in [0.15, 0.2) is 41.3 Å². The number of benzene rings is 2. The molecule has 13 heteroatoms. The predicted molar refractivity (Wildman–Crippen MR) is 128 cm³/mol. The third kappa shape index (κ3) is 6.85. The number of alkyl halides is 6. The lowest BCUT2D eigenvalue weighted by Gasteiger charge is -2.25. The molecule has 1 saturated carbocycles. The minimum atomic E-state index is -4.77. The van der Waals surface area contributed by atoms with E-state index in [0.29, 0.717) is 44.5 Å². The van der Waals surface area contributed by atoms with Crippen molar-refractivity contribution in [3.63, 3.8) is 0 Å². The first-order chi connectivity index (χ1) is 17.7.